The highest BCUT2D eigenvalue weighted by Gasteiger charge is 2.19. The van der Waals surface area contributed by atoms with E-state index in [0.717, 1.165) is 24.2 Å². The van der Waals surface area contributed by atoms with Crippen LogP contribution in [0.1, 0.15) is 32.3 Å². The van der Waals surface area contributed by atoms with Crippen LogP contribution in [0.4, 0.5) is 0 Å². The number of hydrogen-bond acceptors (Lipinski definition) is 5. The van der Waals surface area contributed by atoms with Crippen molar-refractivity contribution in [2.75, 3.05) is 6.61 Å². The van der Waals surface area contributed by atoms with Crippen molar-refractivity contribution in [3.63, 3.8) is 0 Å². The van der Waals surface area contributed by atoms with Gasteiger partial charge in [0.15, 0.2) is 0 Å². The molecule has 0 radical (unpaired) electrons. The molecule has 0 aliphatic carbocycles. The molecule has 7 nitrogen and oxygen atoms in total. The molecule has 0 spiro atoms. The molecule has 146 valence electrons. The van der Waals surface area contributed by atoms with Gasteiger partial charge in [0, 0.05) is 12.1 Å². The summed E-state index contributed by atoms with van der Waals surface area (Å²) < 4.78 is 10.8. The Morgan fingerprint density at radius 2 is 1.96 bits per heavy atom. The first-order chi connectivity index (χ1) is 13.7. The smallest absolute Gasteiger partial charge is 0.352 e. The zero-order valence-corrected chi connectivity index (χ0v) is 16.7. The molecule has 3 aromatic heterocycles. The number of nitrogens with zero attached hydrogens (tertiary/aromatic N) is 4. The molecule has 3 heterocycles. The first-order valence-electron chi connectivity index (χ1n) is 9.46. The highest BCUT2D eigenvalue weighted by molar-refractivity contribution is 7.17. The largest absolute Gasteiger partial charge is 0.494 e. The Kier molecular flexibility index (Phi) is 5.04. The van der Waals surface area contributed by atoms with Gasteiger partial charge in [0.1, 0.15) is 10.4 Å². The van der Waals surface area contributed by atoms with Crippen molar-refractivity contribution in [2.24, 2.45) is 0 Å². The van der Waals surface area contributed by atoms with Gasteiger partial charge in [-0.2, -0.15) is 0 Å². The summed E-state index contributed by atoms with van der Waals surface area (Å²) >= 11 is 1.34. The Morgan fingerprint density at radius 1 is 1.14 bits per heavy atom. The number of thiophene rings is 1. The van der Waals surface area contributed by atoms with Crippen LogP contribution in [0.5, 0.6) is 5.75 Å². The molecule has 4 aromatic rings. The van der Waals surface area contributed by atoms with Crippen molar-refractivity contribution in [2.45, 2.75) is 39.8 Å². The van der Waals surface area contributed by atoms with E-state index in [0.29, 0.717) is 29.1 Å². The second kappa shape index (κ2) is 7.63. The predicted molar refractivity (Wildman–Crippen MR) is 111 cm³/mol. The van der Waals surface area contributed by atoms with Crippen LogP contribution in [-0.4, -0.2) is 25.4 Å². The van der Waals surface area contributed by atoms with E-state index in [-0.39, 0.29) is 17.8 Å². The minimum atomic E-state index is -0.210. The Balaban J connectivity index is 1.95. The van der Waals surface area contributed by atoms with Crippen molar-refractivity contribution >= 4 is 27.3 Å². The van der Waals surface area contributed by atoms with Gasteiger partial charge in [0.25, 0.3) is 5.56 Å². The molecule has 1 aromatic carbocycles. The maximum atomic E-state index is 13.2. The molecule has 4 rings (SSSR count). The monoisotopic (exact) mass is 398 g/mol. The fourth-order valence-corrected chi connectivity index (χ4v) is 4.16. The van der Waals surface area contributed by atoms with Gasteiger partial charge >= 0.3 is 5.69 Å². The summed E-state index contributed by atoms with van der Waals surface area (Å²) in [6.07, 6.45) is 1.82. The van der Waals surface area contributed by atoms with Gasteiger partial charge < -0.3 is 4.74 Å². The number of aromatic nitrogens is 4. The minimum Gasteiger partial charge on any atom is -0.494 e. The lowest BCUT2D eigenvalue weighted by Gasteiger charge is -2.12. The van der Waals surface area contributed by atoms with E-state index in [2.05, 4.69) is 12.0 Å². The zero-order chi connectivity index (χ0) is 19.7. The van der Waals surface area contributed by atoms with E-state index < -0.39 is 0 Å². The standard InChI is InChI=1S/C20H22N4O3S/c1-3-5-11-23-20(26)24-15-10-12-28-17(15)18(25)22(19(24)21-23)13-14-8-6-7-9-16(14)27-4-2/h6-10,12H,3-5,11,13H2,1-2H3. The summed E-state index contributed by atoms with van der Waals surface area (Å²) in [7, 11) is 0. The molecule has 28 heavy (non-hydrogen) atoms. The third-order valence-corrected chi connectivity index (χ3v) is 5.60. The molecule has 0 N–H and O–H groups in total. The average molecular weight is 398 g/mol. The third-order valence-electron chi connectivity index (χ3n) is 4.71. The molecule has 0 aliphatic rings. The highest BCUT2D eigenvalue weighted by Crippen LogP contribution is 2.21. The number of aryl methyl sites for hydroxylation is 1. The maximum absolute atomic E-state index is 13.2. The number of fused-ring (bicyclic) bond motifs is 3. The Hall–Kier alpha value is -2.87. The summed E-state index contributed by atoms with van der Waals surface area (Å²) in [4.78, 5) is 26.1. The topological polar surface area (TPSA) is 70.5 Å². The molecule has 0 bridgehead atoms. The minimum absolute atomic E-state index is 0.142. The van der Waals surface area contributed by atoms with Gasteiger partial charge in [-0.3, -0.25) is 9.36 Å². The van der Waals surface area contributed by atoms with Crippen LogP contribution < -0.4 is 16.0 Å². The van der Waals surface area contributed by atoms with E-state index in [4.69, 9.17) is 4.74 Å². The molecular weight excluding hydrogens is 376 g/mol. The van der Waals surface area contributed by atoms with Crippen LogP contribution in [0.3, 0.4) is 0 Å². The number of benzene rings is 1. The molecule has 8 heteroatoms. The number of rotatable bonds is 7. The number of unbranched alkanes of at least 4 members (excludes halogenated alkanes) is 1. The van der Waals surface area contributed by atoms with Crippen molar-refractivity contribution in [1.29, 1.82) is 0 Å². The lowest BCUT2D eigenvalue weighted by atomic mass is 10.2. The molecule has 0 saturated carbocycles. The molecule has 0 unspecified atom stereocenters. The SMILES string of the molecule is CCCCn1nc2n(Cc3ccccc3OCC)c(=O)c3sccc3n2c1=O. The normalized spacial score (nSPS) is 11.5. The maximum Gasteiger partial charge on any atom is 0.352 e. The van der Waals surface area contributed by atoms with Crippen molar-refractivity contribution < 1.29 is 4.74 Å². The van der Waals surface area contributed by atoms with Gasteiger partial charge in [-0.1, -0.05) is 31.5 Å². The Bertz CT molecular complexity index is 1250. The van der Waals surface area contributed by atoms with Crippen LogP contribution in [0.25, 0.3) is 16.0 Å². The first kappa shape index (κ1) is 18.5. The van der Waals surface area contributed by atoms with Crippen LogP contribution >= 0.6 is 11.3 Å². The first-order valence-corrected chi connectivity index (χ1v) is 10.3. The summed E-state index contributed by atoms with van der Waals surface area (Å²) in [5.74, 6) is 1.09. The molecule has 0 fully saturated rings. The van der Waals surface area contributed by atoms with E-state index >= 15 is 0 Å². The van der Waals surface area contributed by atoms with Crippen LogP contribution in [0, 0.1) is 0 Å². The predicted octanol–water partition coefficient (Wildman–Crippen LogP) is 3.12. The van der Waals surface area contributed by atoms with Crippen molar-refractivity contribution in [3.05, 3.63) is 62.1 Å². The van der Waals surface area contributed by atoms with Gasteiger partial charge in [0.05, 0.1) is 18.7 Å². The second-order valence-electron chi connectivity index (χ2n) is 6.56. The molecule has 0 amide bonds. The summed E-state index contributed by atoms with van der Waals surface area (Å²) in [5, 5.41) is 6.34. The number of para-hydroxylation sites is 1. The fraction of sp³-hybridized carbons (Fsp3) is 0.350. The summed E-state index contributed by atoms with van der Waals surface area (Å²) in [5.41, 5.74) is 1.14. The van der Waals surface area contributed by atoms with Crippen LogP contribution in [0.2, 0.25) is 0 Å². The van der Waals surface area contributed by atoms with Crippen LogP contribution in [-0.2, 0) is 13.1 Å². The number of hydrogen-bond donors (Lipinski definition) is 0. The fourth-order valence-electron chi connectivity index (χ4n) is 3.33. The molecule has 0 aliphatic heterocycles. The van der Waals surface area contributed by atoms with Crippen LogP contribution in [0.15, 0.2) is 45.3 Å². The van der Waals surface area contributed by atoms with E-state index in [9.17, 15) is 9.59 Å². The molecule has 0 atom stereocenters. The third kappa shape index (κ3) is 3.03. The van der Waals surface area contributed by atoms with Gasteiger partial charge in [-0.05, 0) is 30.9 Å². The summed E-state index contributed by atoms with van der Waals surface area (Å²) in [6.45, 7) is 5.35. The number of ether oxygens (including phenoxy) is 1. The second-order valence-corrected chi connectivity index (χ2v) is 7.48. The van der Waals surface area contributed by atoms with Gasteiger partial charge in [0.2, 0.25) is 5.78 Å². The lowest BCUT2D eigenvalue weighted by molar-refractivity contribution is 0.336. The zero-order valence-electron chi connectivity index (χ0n) is 15.9. The van der Waals surface area contributed by atoms with Gasteiger partial charge in [-0.15, -0.1) is 16.4 Å². The average Bonchev–Trinajstić information content (AvgIpc) is 3.30. The lowest BCUT2D eigenvalue weighted by Crippen LogP contribution is -2.26. The van der Waals surface area contributed by atoms with E-state index in [1.54, 1.807) is 15.0 Å². The van der Waals surface area contributed by atoms with E-state index in [1.165, 1.54) is 16.0 Å². The molecular formula is C20H22N4O3S. The Labute approximate surface area is 165 Å². The molecule has 0 saturated heterocycles. The Morgan fingerprint density at radius 3 is 2.75 bits per heavy atom. The summed E-state index contributed by atoms with van der Waals surface area (Å²) in [6, 6.07) is 9.44. The highest BCUT2D eigenvalue weighted by atomic mass is 32.1. The van der Waals surface area contributed by atoms with Gasteiger partial charge in [-0.25, -0.2) is 13.9 Å². The van der Waals surface area contributed by atoms with Crippen molar-refractivity contribution in [1.82, 2.24) is 18.7 Å². The van der Waals surface area contributed by atoms with Crippen molar-refractivity contribution in [3.8, 4) is 5.75 Å². The quantitative estimate of drug-likeness (QED) is 0.480. The van der Waals surface area contributed by atoms with E-state index in [1.807, 2.05) is 36.6 Å².